The Hall–Kier alpha value is -3.88. The molecule has 1 aliphatic heterocycles. The van der Waals surface area contributed by atoms with Crippen molar-refractivity contribution in [2.45, 2.75) is 19.7 Å². The first-order valence-electron chi connectivity index (χ1n) is 9.74. The normalized spacial score (nSPS) is 12.9. The lowest BCUT2D eigenvalue weighted by Crippen LogP contribution is -2.28. The van der Waals surface area contributed by atoms with Gasteiger partial charge in [-0.1, -0.05) is 0 Å². The molecule has 0 saturated heterocycles. The van der Waals surface area contributed by atoms with Crippen LogP contribution in [-0.4, -0.2) is 29.7 Å². The Balaban J connectivity index is 1.48. The molecule has 1 N–H and O–H groups in total. The number of ether oxygens (including phenoxy) is 1. The van der Waals surface area contributed by atoms with Gasteiger partial charge in [-0.3, -0.25) is 14.6 Å². The van der Waals surface area contributed by atoms with Gasteiger partial charge in [0.1, 0.15) is 5.75 Å². The van der Waals surface area contributed by atoms with Crippen LogP contribution in [0.3, 0.4) is 0 Å². The first-order valence-corrected chi connectivity index (χ1v) is 9.74. The van der Waals surface area contributed by atoms with Gasteiger partial charge in [-0.2, -0.15) is 0 Å². The monoisotopic (exact) mass is 441 g/mol. The second-order valence-corrected chi connectivity index (χ2v) is 7.27. The number of amides is 2. The van der Waals surface area contributed by atoms with Gasteiger partial charge in [-0.05, 0) is 73.0 Å². The van der Waals surface area contributed by atoms with Crippen molar-refractivity contribution in [3.8, 4) is 5.75 Å². The molecular formula is C23H18F3N3O3. The summed E-state index contributed by atoms with van der Waals surface area (Å²) in [6.07, 6.45) is -1.05. The van der Waals surface area contributed by atoms with Gasteiger partial charge in [-0.15, -0.1) is 13.2 Å². The van der Waals surface area contributed by atoms with E-state index in [1.807, 2.05) is 0 Å². The zero-order chi connectivity index (χ0) is 22.9. The summed E-state index contributed by atoms with van der Waals surface area (Å²) in [5, 5.41) is 2.74. The Morgan fingerprint density at radius 2 is 1.91 bits per heavy atom. The predicted molar refractivity (Wildman–Crippen MR) is 112 cm³/mol. The minimum Gasteiger partial charge on any atom is -0.406 e. The highest BCUT2D eigenvalue weighted by Gasteiger charge is 2.32. The summed E-state index contributed by atoms with van der Waals surface area (Å²) in [5.41, 5.74) is 3.08. The third kappa shape index (κ3) is 4.56. The fraction of sp³-hybridized carbons (Fsp3) is 0.174. The number of rotatable bonds is 4. The second kappa shape index (κ2) is 8.33. The van der Waals surface area contributed by atoms with E-state index in [0.29, 0.717) is 24.2 Å². The van der Waals surface area contributed by atoms with Gasteiger partial charge < -0.3 is 15.0 Å². The standard InChI is InChI=1S/C23H18F3N3O3/c1-14-11-16(4-7-20(14)32-23(24,25)26)21(30)28-18-5-6-19-15(12-18)8-10-29(19)22(31)17-3-2-9-27-13-17/h2-7,9,11-13H,8,10H2,1H3,(H,28,30). The Bertz CT molecular complexity index is 1180. The Labute approximate surface area is 181 Å². The Morgan fingerprint density at radius 1 is 1.09 bits per heavy atom. The molecule has 0 saturated carbocycles. The van der Waals surface area contributed by atoms with Gasteiger partial charge in [0.25, 0.3) is 11.8 Å². The van der Waals surface area contributed by atoms with E-state index < -0.39 is 12.3 Å². The van der Waals surface area contributed by atoms with Gasteiger partial charge in [0.15, 0.2) is 0 Å². The first kappa shape index (κ1) is 21.4. The predicted octanol–water partition coefficient (Wildman–Crippen LogP) is 4.74. The maximum Gasteiger partial charge on any atom is 0.573 e. The van der Waals surface area contributed by atoms with Crippen LogP contribution in [0.4, 0.5) is 24.5 Å². The number of carbonyl (C=O) groups is 2. The van der Waals surface area contributed by atoms with Crippen molar-refractivity contribution in [3.05, 3.63) is 83.2 Å². The second-order valence-electron chi connectivity index (χ2n) is 7.27. The average Bonchev–Trinajstić information content (AvgIpc) is 3.17. The number of halogens is 3. The third-order valence-electron chi connectivity index (χ3n) is 5.05. The minimum absolute atomic E-state index is 0.148. The summed E-state index contributed by atoms with van der Waals surface area (Å²) in [4.78, 5) is 31.0. The van der Waals surface area contributed by atoms with Crippen molar-refractivity contribution in [1.82, 2.24) is 4.98 Å². The van der Waals surface area contributed by atoms with Crippen molar-refractivity contribution < 1.29 is 27.5 Å². The Kier molecular flexibility index (Phi) is 5.56. The molecule has 2 heterocycles. The van der Waals surface area contributed by atoms with Crippen LogP contribution in [0.25, 0.3) is 0 Å². The molecule has 0 atom stereocenters. The van der Waals surface area contributed by atoms with Crippen molar-refractivity contribution >= 4 is 23.2 Å². The molecule has 4 rings (SSSR count). The zero-order valence-electron chi connectivity index (χ0n) is 16.9. The number of hydrogen-bond acceptors (Lipinski definition) is 4. The van der Waals surface area contributed by atoms with E-state index in [-0.39, 0.29) is 22.8 Å². The summed E-state index contributed by atoms with van der Waals surface area (Å²) in [6, 6.07) is 12.3. The Morgan fingerprint density at radius 3 is 2.59 bits per heavy atom. The van der Waals surface area contributed by atoms with Crippen molar-refractivity contribution in [2.24, 2.45) is 0 Å². The SMILES string of the molecule is Cc1cc(C(=O)Nc2ccc3c(c2)CCN3C(=O)c2cccnc2)ccc1OC(F)(F)F. The molecule has 0 radical (unpaired) electrons. The number of fused-ring (bicyclic) bond motifs is 1. The van der Waals surface area contributed by atoms with E-state index in [1.54, 1.807) is 41.4 Å². The van der Waals surface area contributed by atoms with E-state index in [0.717, 1.165) is 17.3 Å². The number of carbonyl (C=O) groups excluding carboxylic acids is 2. The molecule has 0 bridgehead atoms. The molecule has 0 unspecified atom stereocenters. The number of pyridine rings is 1. The molecule has 9 heteroatoms. The molecule has 6 nitrogen and oxygen atoms in total. The van der Waals surface area contributed by atoms with Crippen LogP contribution in [-0.2, 0) is 6.42 Å². The number of aryl methyl sites for hydroxylation is 1. The molecule has 3 aromatic rings. The third-order valence-corrected chi connectivity index (χ3v) is 5.05. The van der Waals surface area contributed by atoms with E-state index >= 15 is 0 Å². The average molecular weight is 441 g/mol. The zero-order valence-corrected chi connectivity index (χ0v) is 16.9. The van der Waals surface area contributed by atoms with Crippen LogP contribution in [0.5, 0.6) is 5.75 Å². The fourth-order valence-corrected chi connectivity index (χ4v) is 3.57. The molecule has 32 heavy (non-hydrogen) atoms. The lowest BCUT2D eigenvalue weighted by molar-refractivity contribution is -0.274. The fourth-order valence-electron chi connectivity index (χ4n) is 3.57. The molecule has 2 amide bonds. The smallest absolute Gasteiger partial charge is 0.406 e. The number of nitrogens with one attached hydrogen (secondary N) is 1. The molecule has 0 spiro atoms. The summed E-state index contributed by atoms with van der Waals surface area (Å²) in [5.74, 6) is -0.969. The highest BCUT2D eigenvalue weighted by Crippen LogP contribution is 2.32. The van der Waals surface area contributed by atoms with Gasteiger partial charge in [0.05, 0.1) is 5.56 Å². The number of hydrogen-bond donors (Lipinski definition) is 1. The van der Waals surface area contributed by atoms with Crippen molar-refractivity contribution in [2.75, 3.05) is 16.8 Å². The number of alkyl halides is 3. The lowest BCUT2D eigenvalue weighted by Gasteiger charge is -2.17. The van der Waals surface area contributed by atoms with Crippen LogP contribution in [0.2, 0.25) is 0 Å². The van der Waals surface area contributed by atoms with Crippen molar-refractivity contribution in [1.29, 1.82) is 0 Å². The van der Waals surface area contributed by atoms with Crippen LogP contribution in [0.1, 0.15) is 31.8 Å². The maximum absolute atomic E-state index is 12.7. The van der Waals surface area contributed by atoms with Crippen LogP contribution in [0, 0.1) is 6.92 Å². The quantitative estimate of drug-likeness (QED) is 0.635. The first-order chi connectivity index (χ1) is 15.2. The highest BCUT2D eigenvalue weighted by atomic mass is 19.4. The summed E-state index contributed by atoms with van der Waals surface area (Å²) in [6.45, 7) is 1.95. The molecule has 2 aromatic carbocycles. The minimum atomic E-state index is -4.80. The van der Waals surface area contributed by atoms with Gasteiger partial charge >= 0.3 is 6.36 Å². The summed E-state index contributed by atoms with van der Waals surface area (Å²) in [7, 11) is 0. The van der Waals surface area contributed by atoms with Crippen LogP contribution < -0.4 is 15.0 Å². The number of benzene rings is 2. The molecule has 0 aliphatic carbocycles. The molecule has 0 fully saturated rings. The number of nitrogens with zero attached hydrogens (tertiary/aromatic N) is 2. The van der Waals surface area contributed by atoms with Crippen molar-refractivity contribution in [3.63, 3.8) is 0 Å². The van der Waals surface area contributed by atoms with E-state index in [1.165, 1.54) is 25.3 Å². The molecule has 164 valence electrons. The number of anilines is 2. The molecule has 1 aromatic heterocycles. The lowest BCUT2D eigenvalue weighted by atomic mass is 10.1. The van der Waals surface area contributed by atoms with Gasteiger partial charge in [-0.25, -0.2) is 0 Å². The van der Waals surface area contributed by atoms with E-state index in [4.69, 9.17) is 0 Å². The highest BCUT2D eigenvalue weighted by molar-refractivity contribution is 6.08. The van der Waals surface area contributed by atoms with E-state index in [2.05, 4.69) is 15.0 Å². The van der Waals surface area contributed by atoms with Gasteiger partial charge in [0.2, 0.25) is 0 Å². The molecule has 1 aliphatic rings. The summed E-state index contributed by atoms with van der Waals surface area (Å²) >= 11 is 0. The van der Waals surface area contributed by atoms with Crippen LogP contribution in [0.15, 0.2) is 60.9 Å². The molecular weight excluding hydrogens is 423 g/mol. The van der Waals surface area contributed by atoms with E-state index in [9.17, 15) is 22.8 Å². The maximum atomic E-state index is 12.7. The van der Waals surface area contributed by atoms with Crippen LogP contribution >= 0.6 is 0 Å². The largest absolute Gasteiger partial charge is 0.573 e. The topological polar surface area (TPSA) is 71.5 Å². The summed E-state index contributed by atoms with van der Waals surface area (Å²) < 4.78 is 41.2. The van der Waals surface area contributed by atoms with Gasteiger partial charge in [0, 0.05) is 35.9 Å². The number of aromatic nitrogens is 1.